The molecule has 1 rings (SSSR count). The molecule has 7 nitrogen and oxygen atoms in total. The Morgan fingerprint density at radius 3 is 2.50 bits per heavy atom. The second-order valence-corrected chi connectivity index (χ2v) is 3.48. The molecule has 0 atom stereocenters. The van der Waals surface area contributed by atoms with E-state index in [0.717, 1.165) is 9.47 Å². The van der Waals surface area contributed by atoms with Crippen LogP contribution in [0.5, 0.6) is 5.88 Å². The highest BCUT2D eigenvalue weighted by Crippen LogP contribution is 2.11. The van der Waals surface area contributed by atoms with Crippen LogP contribution in [0.3, 0.4) is 0 Å². The second kappa shape index (κ2) is 5.38. The van der Waals surface area contributed by atoms with E-state index in [0.29, 0.717) is 5.56 Å². The molecule has 0 unspecified atom stereocenters. The molecule has 1 aromatic rings. The van der Waals surface area contributed by atoms with Crippen LogP contribution in [0.15, 0.2) is 10.9 Å². The summed E-state index contributed by atoms with van der Waals surface area (Å²) in [7, 11) is 0. The zero-order valence-electron chi connectivity index (χ0n) is 9.58. The first-order valence-electron chi connectivity index (χ1n) is 4.95. The maximum absolute atomic E-state index is 11.8. The second-order valence-electron chi connectivity index (χ2n) is 3.48. The predicted octanol–water partition coefficient (Wildman–Crippen LogP) is -0.00184. The molecule has 1 heterocycles. The maximum Gasteiger partial charge on any atom is 0.271 e. The Kier molecular flexibility index (Phi) is 3.91. The van der Waals surface area contributed by atoms with E-state index in [1.165, 1.54) is 6.07 Å². The number of aromatic nitrogens is 1. The van der Waals surface area contributed by atoms with Gasteiger partial charge in [0.1, 0.15) is 11.6 Å². The third-order valence-electron chi connectivity index (χ3n) is 2.38. The number of aryl methyl sites for hydroxylation is 1. The largest absolute Gasteiger partial charge is 0.494 e. The molecule has 0 aliphatic rings. The molecule has 0 saturated carbocycles. The summed E-state index contributed by atoms with van der Waals surface area (Å²) in [5, 5.41) is 35.5. The molecule has 0 aliphatic carbocycles. The van der Waals surface area contributed by atoms with Gasteiger partial charge in [0, 0.05) is 12.6 Å². The average Bonchev–Trinajstić information content (AvgIpc) is 2.34. The van der Waals surface area contributed by atoms with Gasteiger partial charge in [-0.15, -0.1) is 0 Å². The Balaban J connectivity index is 3.13. The third-order valence-corrected chi connectivity index (χ3v) is 2.38. The zero-order valence-corrected chi connectivity index (χ0v) is 9.58. The number of nitrogens with zero attached hydrogens (tertiary/aromatic N) is 5. The van der Waals surface area contributed by atoms with Gasteiger partial charge in [-0.2, -0.15) is 15.8 Å². The monoisotopic (exact) mass is 243 g/mol. The van der Waals surface area contributed by atoms with Crippen molar-refractivity contribution < 1.29 is 5.11 Å². The van der Waals surface area contributed by atoms with Gasteiger partial charge < -0.3 is 5.11 Å². The SMILES string of the molecule is Cc1cc(O)n(CCN(C#N)C#N)c(=O)c1C#N. The quantitative estimate of drug-likeness (QED) is 0.589. The molecule has 7 heteroatoms. The standard InChI is InChI=1S/C11H9N5O2/c1-8-4-10(17)16(11(18)9(8)5-12)3-2-15(6-13)7-14/h4,17H,2-3H2,1H3. The Bertz CT molecular complexity index is 628. The molecule has 1 aromatic heterocycles. The van der Waals surface area contributed by atoms with Crippen molar-refractivity contribution in [2.75, 3.05) is 6.54 Å². The summed E-state index contributed by atoms with van der Waals surface area (Å²) in [6.45, 7) is 1.44. The lowest BCUT2D eigenvalue weighted by molar-refractivity contribution is 0.387. The first kappa shape index (κ1) is 13.1. The average molecular weight is 243 g/mol. The molecule has 0 amide bonds. The van der Waals surface area contributed by atoms with Crippen LogP contribution in [0.2, 0.25) is 0 Å². The molecule has 0 aliphatic heterocycles. The minimum Gasteiger partial charge on any atom is -0.494 e. The summed E-state index contributed by atoms with van der Waals surface area (Å²) in [6.07, 6.45) is 3.22. The number of pyridine rings is 1. The number of rotatable bonds is 3. The summed E-state index contributed by atoms with van der Waals surface area (Å²) in [5.74, 6) is -0.299. The molecule has 90 valence electrons. The highest BCUT2D eigenvalue weighted by molar-refractivity contribution is 5.37. The van der Waals surface area contributed by atoms with Gasteiger partial charge in [0.25, 0.3) is 5.56 Å². The van der Waals surface area contributed by atoms with Crippen LogP contribution in [0.1, 0.15) is 11.1 Å². The van der Waals surface area contributed by atoms with Crippen LogP contribution in [-0.4, -0.2) is 21.1 Å². The third kappa shape index (κ3) is 2.40. The Hall–Kier alpha value is -2.98. The molecule has 0 aromatic carbocycles. The molecule has 1 N–H and O–H groups in total. The van der Waals surface area contributed by atoms with Crippen LogP contribution in [0.25, 0.3) is 0 Å². The predicted molar refractivity (Wildman–Crippen MR) is 59.8 cm³/mol. The topological polar surface area (TPSA) is 117 Å². The summed E-state index contributed by atoms with van der Waals surface area (Å²) in [4.78, 5) is 12.6. The van der Waals surface area contributed by atoms with Crippen molar-refractivity contribution in [1.29, 1.82) is 15.8 Å². The molecule has 0 radical (unpaired) electrons. The Morgan fingerprint density at radius 2 is 2.00 bits per heavy atom. The fraction of sp³-hybridized carbons (Fsp3) is 0.273. The van der Waals surface area contributed by atoms with Crippen LogP contribution in [0, 0.1) is 41.2 Å². The van der Waals surface area contributed by atoms with E-state index in [-0.39, 0.29) is 24.5 Å². The Labute approximate surface area is 103 Å². The van der Waals surface area contributed by atoms with Crippen molar-refractivity contribution >= 4 is 0 Å². The van der Waals surface area contributed by atoms with E-state index in [1.807, 2.05) is 0 Å². The first-order valence-corrected chi connectivity index (χ1v) is 4.95. The molecule has 0 spiro atoms. The first-order chi connectivity index (χ1) is 8.54. The zero-order chi connectivity index (χ0) is 13.7. The van der Waals surface area contributed by atoms with Gasteiger partial charge in [-0.1, -0.05) is 0 Å². The summed E-state index contributed by atoms with van der Waals surface area (Å²) in [6, 6.07) is 3.05. The highest BCUT2D eigenvalue weighted by Gasteiger charge is 2.12. The van der Waals surface area contributed by atoms with Gasteiger partial charge >= 0.3 is 0 Å². The van der Waals surface area contributed by atoms with Crippen molar-refractivity contribution in [3.8, 4) is 24.3 Å². The summed E-state index contributed by atoms with van der Waals surface area (Å²) in [5.41, 5.74) is -0.312. The molecule has 0 bridgehead atoms. The molecule has 0 saturated heterocycles. The van der Waals surface area contributed by atoms with E-state index >= 15 is 0 Å². The minimum absolute atomic E-state index is 0.0472. The van der Waals surface area contributed by atoms with E-state index < -0.39 is 5.56 Å². The van der Waals surface area contributed by atoms with Gasteiger partial charge in [-0.05, 0) is 12.5 Å². The summed E-state index contributed by atoms with van der Waals surface area (Å²) >= 11 is 0. The molecule has 18 heavy (non-hydrogen) atoms. The van der Waals surface area contributed by atoms with E-state index in [9.17, 15) is 9.90 Å². The lowest BCUT2D eigenvalue weighted by Crippen LogP contribution is -2.28. The number of nitriles is 3. The molecular formula is C11H9N5O2. The van der Waals surface area contributed by atoms with Gasteiger partial charge in [0.05, 0.1) is 6.54 Å². The fourth-order valence-corrected chi connectivity index (χ4v) is 1.43. The van der Waals surface area contributed by atoms with Gasteiger partial charge in [0.2, 0.25) is 0 Å². The summed E-state index contributed by atoms with van der Waals surface area (Å²) < 4.78 is 0.952. The van der Waals surface area contributed by atoms with Crippen LogP contribution in [0.4, 0.5) is 0 Å². The fourth-order valence-electron chi connectivity index (χ4n) is 1.43. The van der Waals surface area contributed by atoms with E-state index in [4.69, 9.17) is 15.8 Å². The van der Waals surface area contributed by atoms with Gasteiger partial charge in [-0.25, -0.2) is 4.90 Å². The van der Waals surface area contributed by atoms with Gasteiger partial charge in [-0.3, -0.25) is 9.36 Å². The van der Waals surface area contributed by atoms with Crippen LogP contribution in [-0.2, 0) is 6.54 Å². The highest BCUT2D eigenvalue weighted by atomic mass is 16.3. The Morgan fingerprint density at radius 1 is 1.39 bits per heavy atom. The number of aromatic hydroxyl groups is 1. The molecule has 0 fully saturated rings. The van der Waals surface area contributed by atoms with Crippen molar-refractivity contribution in [3.05, 3.63) is 27.5 Å². The smallest absolute Gasteiger partial charge is 0.271 e. The van der Waals surface area contributed by atoms with E-state index in [2.05, 4.69) is 0 Å². The maximum atomic E-state index is 11.8. The van der Waals surface area contributed by atoms with Crippen molar-refractivity contribution in [2.24, 2.45) is 0 Å². The van der Waals surface area contributed by atoms with E-state index in [1.54, 1.807) is 25.4 Å². The minimum atomic E-state index is -0.633. The van der Waals surface area contributed by atoms with Crippen molar-refractivity contribution in [1.82, 2.24) is 9.47 Å². The van der Waals surface area contributed by atoms with Crippen molar-refractivity contribution in [2.45, 2.75) is 13.5 Å². The van der Waals surface area contributed by atoms with Crippen molar-refractivity contribution in [3.63, 3.8) is 0 Å². The normalized spacial score (nSPS) is 9.00. The number of hydrogen-bond acceptors (Lipinski definition) is 6. The molecular weight excluding hydrogens is 234 g/mol. The van der Waals surface area contributed by atoms with Crippen LogP contribution < -0.4 is 5.56 Å². The van der Waals surface area contributed by atoms with Crippen LogP contribution >= 0.6 is 0 Å². The van der Waals surface area contributed by atoms with Gasteiger partial charge in [0.15, 0.2) is 18.3 Å². The lowest BCUT2D eigenvalue weighted by Gasteiger charge is -2.11. The lowest BCUT2D eigenvalue weighted by atomic mass is 10.1. The number of hydrogen-bond donors (Lipinski definition) is 1.